The summed E-state index contributed by atoms with van der Waals surface area (Å²) >= 11 is 0. The number of nitrogens with zero attached hydrogens (tertiary/aromatic N) is 2. The van der Waals surface area contributed by atoms with Gasteiger partial charge in [-0.2, -0.15) is 0 Å². The SMILES string of the molecule is CCC1N(C)CCCN1C(C)C. The van der Waals surface area contributed by atoms with Crippen LogP contribution in [0.25, 0.3) is 0 Å². The summed E-state index contributed by atoms with van der Waals surface area (Å²) in [6.07, 6.45) is 3.25. The van der Waals surface area contributed by atoms with E-state index in [-0.39, 0.29) is 0 Å². The van der Waals surface area contributed by atoms with E-state index in [9.17, 15) is 0 Å². The van der Waals surface area contributed by atoms with E-state index in [2.05, 4.69) is 37.6 Å². The summed E-state index contributed by atoms with van der Waals surface area (Å²) in [6, 6.07) is 0.692. The summed E-state index contributed by atoms with van der Waals surface area (Å²) < 4.78 is 0. The van der Waals surface area contributed by atoms with Crippen LogP contribution in [0.2, 0.25) is 0 Å². The van der Waals surface area contributed by atoms with Crippen molar-refractivity contribution in [3.05, 3.63) is 0 Å². The Labute approximate surface area is 76.5 Å². The normalized spacial score (nSPS) is 28.2. The zero-order valence-electron chi connectivity index (χ0n) is 8.88. The average Bonchev–Trinajstić information content (AvgIpc) is 2.03. The zero-order valence-corrected chi connectivity index (χ0v) is 8.88. The van der Waals surface area contributed by atoms with Gasteiger partial charge in [0.25, 0.3) is 0 Å². The summed E-state index contributed by atoms with van der Waals surface area (Å²) in [7, 11) is 2.24. The van der Waals surface area contributed by atoms with Crippen LogP contribution in [-0.4, -0.2) is 42.1 Å². The highest BCUT2D eigenvalue weighted by Crippen LogP contribution is 2.17. The van der Waals surface area contributed by atoms with E-state index in [1.54, 1.807) is 0 Å². The minimum Gasteiger partial charge on any atom is -0.291 e. The molecule has 0 aliphatic carbocycles. The molecule has 1 aliphatic rings. The van der Waals surface area contributed by atoms with E-state index >= 15 is 0 Å². The van der Waals surface area contributed by atoms with Gasteiger partial charge >= 0.3 is 0 Å². The molecule has 1 fully saturated rings. The number of hydrogen-bond acceptors (Lipinski definition) is 2. The Morgan fingerprint density at radius 2 is 2.00 bits per heavy atom. The summed E-state index contributed by atoms with van der Waals surface area (Å²) in [5.74, 6) is 0. The van der Waals surface area contributed by atoms with Gasteiger partial charge in [-0.15, -0.1) is 0 Å². The van der Waals surface area contributed by atoms with Crippen LogP contribution in [0, 0.1) is 0 Å². The molecule has 12 heavy (non-hydrogen) atoms. The molecular weight excluding hydrogens is 148 g/mol. The molecule has 1 rings (SSSR count). The minimum atomic E-state index is 0.679. The molecule has 0 bridgehead atoms. The molecule has 0 aromatic carbocycles. The summed E-state index contributed by atoms with van der Waals surface area (Å²) in [5, 5.41) is 0. The molecule has 0 aromatic heterocycles. The van der Waals surface area contributed by atoms with Crippen molar-refractivity contribution in [2.45, 2.75) is 45.8 Å². The van der Waals surface area contributed by atoms with Crippen LogP contribution < -0.4 is 0 Å². The fraction of sp³-hybridized carbons (Fsp3) is 1.00. The van der Waals surface area contributed by atoms with Gasteiger partial charge in [-0.05, 0) is 33.7 Å². The predicted molar refractivity (Wildman–Crippen MR) is 53.2 cm³/mol. The lowest BCUT2D eigenvalue weighted by atomic mass is 10.1. The van der Waals surface area contributed by atoms with Crippen LogP contribution in [0.15, 0.2) is 0 Å². The molecule has 2 heteroatoms. The van der Waals surface area contributed by atoms with Gasteiger partial charge in [-0.3, -0.25) is 9.80 Å². The predicted octanol–water partition coefficient (Wildman–Crippen LogP) is 1.77. The van der Waals surface area contributed by atoms with Crippen molar-refractivity contribution in [1.82, 2.24) is 9.80 Å². The number of hydrogen-bond donors (Lipinski definition) is 0. The Morgan fingerprint density at radius 1 is 1.33 bits per heavy atom. The minimum absolute atomic E-state index is 0.679. The van der Waals surface area contributed by atoms with Gasteiger partial charge in [-0.1, -0.05) is 6.92 Å². The zero-order chi connectivity index (χ0) is 9.14. The monoisotopic (exact) mass is 170 g/mol. The standard InChI is InChI=1S/C10H22N2/c1-5-10-11(4)7-6-8-12(10)9(2)3/h9-10H,5-8H2,1-4H3. The highest BCUT2D eigenvalue weighted by atomic mass is 15.4. The first-order valence-corrected chi connectivity index (χ1v) is 5.12. The quantitative estimate of drug-likeness (QED) is 0.623. The van der Waals surface area contributed by atoms with E-state index in [1.165, 1.54) is 25.9 Å². The second-order valence-electron chi connectivity index (χ2n) is 4.05. The highest BCUT2D eigenvalue weighted by Gasteiger charge is 2.26. The third-order valence-electron chi connectivity index (χ3n) is 2.85. The molecule has 1 heterocycles. The van der Waals surface area contributed by atoms with Crippen LogP contribution in [0.4, 0.5) is 0 Å². The van der Waals surface area contributed by atoms with E-state index in [4.69, 9.17) is 0 Å². The molecule has 72 valence electrons. The van der Waals surface area contributed by atoms with Gasteiger partial charge in [0.2, 0.25) is 0 Å². The lowest BCUT2D eigenvalue weighted by Gasteiger charge is -2.44. The molecule has 1 saturated heterocycles. The van der Waals surface area contributed by atoms with E-state index in [1.807, 2.05) is 0 Å². The van der Waals surface area contributed by atoms with Gasteiger partial charge < -0.3 is 0 Å². The van der Waals surface area contributed by atoms with Gasteiger partial charge in [-0.25, -0.2) is 0 Å². The van der Waals surface area contributed by atoms with E-state index < -0.39 is 0 Å². The third kappa shape index (κ3) is 1.99. The average molecular weight is 170 g/mol. The molecule has 0 radical (unpaired) electrons. The van der Waals surface area contributed by atoms with Crippen molar-refractivity contribution >= 4 is 0 Å². The first-order chi connectivity index (χ1) is 5.66. The maximum absolute atomic E-state index is 2.60. The maximum Gasteiger partial charge on any atom is 0.0619 e. The van der Waals surface area contributed by atoms with Crippen LogP contribution in [0.3, 0.4) is 0 Å². The van der Waals surface area contributed by atoms with Crippen molar-refractivity contribution in [2.75, 3.05) is 20.1 Å². The first kappa shape index (κ1) is 10.0. The number of rotatable bonds is 2. The van der Waals surface area contributed by atoms with Crippen LogP contribution in [0.1, 0.15) is 33.6 Å². The molecule has 0 N–H and O–H groups in total. The lowest BCUT2D eigenvalue weighted by Crippen LogP contribution is -2.54. The van der Waals surface area contributed by atoms with Crippen molar-refractivity contribution in [2.24, 2.45) is 0 Å². The Kier molecular flexibility index (Phi) is 3.53. The summed E-state index contributed by atoms with van der Waals surface area (Å²) in [4.78, 5) is 5.08. The van der Waals surface area contributed by atoms with Crippen LogP contribution >= 0.6 is 0 Å². The lowest BCUT2D eigenvalue weighted by molar-refractivity contribution is -0.00137. The van der Waals surface area contributed by atoms with E-state index in [0.29, 0.717) is 12.2 Å². The summed E-state index contributed by atoms with van der Waals surface area (Å²) in [5.41, 5.74) is 0. The molecular formula is C10H22N2. The fourth-order valence-electron chi connectivity index (χ4n) is 2.20. The van der Waals surface area contributed by atoms with Gasteiger partial charge in [0, 0.05) is 19.1 Å². The second kappa shape index (κ2) is 4.24. The molecule has 1 atom stereocenters. The molecule has 0 spiro atoms. The molecule has 1 aliphatic heterocycles. The Bertz CT molecular complexity index is 134. The van der Waals surface area contributed by atoms with Gasteiger partial charge in [0.15, 0.2) is 0 Å². The third-order valence-corrected chi connectivity index (χ3v) is 2.85. The molecule has 1 unspecified atom stereocenters. The van der Waals surface area contributed by atoms with Crippen molar-refractivity contribution in [3.63, 3.8) is 0 Å². The Balaban J connectivity index is 2.57. The van der Waals surface area contributed by atoms with Crippen LogP contribution in [-0.2, 0) is 0 Å². The highest BCUT2D eigenvalue weighted by molar-refractivity contribution is 4.77. The maximum atomic E-state index is 2.60. The molecule has 0 aromatic rings. The van der Waals surface area contributed by atoms with E-state index in [0.717, 1.165) is 0 Å². The molecule has 0 amide bonds. The van der Waals surface area contributed by atoms with Crippen molar-refractivity contribution in [3.8, 4) is 0 Å². The topological polar surface area (TPSA) is 6.48 Å². The van der Waals surface area contributed by atoms with Gasteiger partial charge in [0.1, 0.15) is 0 Å². The largest absolute Gasteiger partial charge is 0.291 e. The Hall–Kier alpha value is -0.0800. The van der Waals surface area contributed by atoms with Gasteiger partial charge in [0.05, 0.1) is 6.17 Å². The van der Waals surface area contributed by atoms with Crippen molar-refractivity contribution in [1.29, 1.82) is 0 Å². The second-order valence-corrected chi connectivity index (χ2v) is 4.05. The van der Waals surface area contributed by atoms with Crippen LogP contribution in [0.5, 0.6) is 0 Å². The molecule has 2 nitrogen and oxygen atoms in total. The van der Waals surface area contributed by atoms with Crippen molar-refractivity contribution < 1.29 is 0 Å². The fourth-order valence-corrected chi connectivity index (χ4v) is 2.20. The smallest absolute Gasteiger partial charge is 0.0619 e. The molecule has 0 saturated carbocycles. The Morgan fingerprint density at radius 3 is 2.42 bits per heavy atom. The first-order valence-electron chi connectivity index (χ1n) is 5.12. The summed E-state index contributed by atoms with van der Waals surface area (Å²) in [6.45, 7) is 9.41.